The van der Waals surface area contributed by atoms with Crippen molar-refractivity contribution in [1.82, 2.24) is 0 Å². The van der Waals surface area contributed by atoms with Gasteiger partial charge in [-0.1, -0.05) is 77.2 Å². The summed E-state index contributed by atoms with van der Waals surface area (Å²) < 4.78 is 12.2. The quantitative estimate of drug-likeness (QED) is 0.123. The largest absolute Gasteiger partial charge is 0.497 e. The van der Waals surface area contributed by atoms with Crippen LogP contribution in [0.4, 0.5) is 0 Å². The van der Waals surface area contributed by atoms with Gasteiger partial charge in [0.05, 0.1) is 12.4 Å². The number of ether oxygens (including phenoxy) is 2. The smallest absolute Gasteiger partial charge is 0.106 e. The van der Waals surface area contributed by atoms with Gasteiger partial charge in [-0.2, -0.15) is 0 Å². The first kappa shape index (κ1) is 24.5. The van der Waals surface area contributed by atoms with Gasteiger partial charge in [0.15, 0.2) is 0 Å². The molecular weight excluding hydrogens is 610 g/mol. The maximum Gasteiger partial charge on any atom is 0.106 e. The molecule has 1 atom stereocenters. The molecule has 0 amide bonds. The van der Waals surface area contributed by atoms with Crippen molar-refractivity contribution in [2.45, 2.75) is 38.2 Å². The average Bonchev–Trinajstić information content (AvgIpc) is 2.83. The summed E-state index contributed by atoms with van der Waals surface area (Å²) in [6.07, 6.45) is 13.7. The lowest BCUT2D eigenvalue weighted by molar-refractivity contribution is 0.0428. The first-order valence-electron chi connectivity index (χ1n) is 10.9. The molecule has 1 aliphatic carbocycles. The zero-order chi connectivity index (χ0) is 20.6. The molecule has 5 rings (SSSR count). The number of allylic oxidation sites excluding steroid dienone is 2. The van der Waals surface area contributed by atoms with Crippen molar-refractivity contribution in [2.24, 2.45) is 0 Å². The van der Waals surface area contributed by atoms with Crippen LogP contribution < -0.4 is 0 Å². The molecule has 3 aromatic carbocycles. The molecule has 2 aliphatic rings. The van der Waals surface area contributed by atoms with Gasteiger partial charge >= 0.3 is 0 Å². The summed E-state index contributed by atoms with van der Waals surface area (Å²) in [5.74, 6) is 0. The van der Waals surface area contributed by atoms with Crippen LogP contribution in [0.2, 0.25) is 0 Å². The van der Waals surface area contributed by atoms with E-state index >= 15 is 0 Å². The predicted molar refractivity (Wildman–Crippen MR) is 151 cm³/mol. The molecule has 0 fully saturated rings. The zero-order valence-corrected chi connectivity index (χ0v) is 22.3. The van der Waals surface area contributed by atoms with Crippen molar-refractivity contribution in [3.8, 4) is 0 Å². The number of fused-ring (bicyclic) bond motifs is 5. The van der Waals surface area contributed by atoms with Crippen LogP contribution in [0, 0.1) is 0 Å². The minimum Gasteiger partial charge on any atom is -0.497 e. The van der Waals surface area contributed by atoms with Crippen LogP contribution in [0.25, 0.3) is 21.5 Å². The molecule has 2 nitrogen and oxygen atoms in total. The molecule has 0 saturated carbocycles. The second-order valence-corrected chi connectivity index (χ2v) is 8.89. The molecule has 1 aliphatic heterocycles. The van der Waals surface area contributed by atoms with Gasteiger partial charge in [0.1, 0.15) is 6.61 Å². The fraction of sp³-hybridized carbons (Fsp3) is 0.333. The van der Waals surface area contributed by atoms with Gasteiger partial charge in [-0.25, -0.2) is 0 Å². The van der Waals surface area contributed by atoms with Gasteiger partial charge < -0.3 is 9.47 Å². The van der Waals surface area contributed by atoms with E-state index < -0.39 is 0 Å². The Labute approximate surface area is 216 Å². The van der Waals surface area contributed by atoms with E-state index in [1.54, 1.807) is 11.8 Å². The van der Waals surface area contributed by atoms with Crippen LogP contribution in [0.1, 0.15) is 30.4 Å². The lowest BCUT2D eigenvalue weighted by Crippen LogP contribution is -2.23. The average molecular weight is 640 g/mol. The second-order valence-electron chi connectivity index (χ2n) is 7.81. The summed E-state index contributed by atoms with van der Waals surface area (Å²) in [7, 11) is 0. The summed E-state index contributed by atoms with van der Waals surface area (Å²) in [5.41, 5.74) is 3.04. The first-order chi connectivity index (χ1) is 14.9. The third kappa shape index (κ3) is 6.45. The Morgan fingerprint density at radius 3 is 2.55 bits per heavy atom. The van der Waals surface area contributed by atoms with Gasteiger partial charge in [0.2, 0.25) is 0 Å². The Kier molecular flexibility index (Phi) is 10.1. The highest BCUT2D eigenvalue weighted by Gasteiger charge is 2.21. The number of alkyl halides is 1. The van der Waals surface area contributed by atoms with Crippen molar-refractivity contribution in [3.63, 3.8) is 0 Å². The van der Waals surface area contributed by atoms with Gasteiger partial charge in [-0.15, -0.1) is 24.0 Å². The number of rotatable bonds is 5. The highest BCUT2D eigenvalue weighted by atomic mass is 127. The molecular formula is C27H30I2O2. The number of aryl methyl sites for hydroxylation is 1. The van der Waals surface area contributed by atoms with E-state index in [4.69, 9.17) is 9.47 Å². The molecule has 164 valence electrons. The Morgan fingerprint density at radius 1 is 0.935 bits per heavy atom. The molecule has 0 spiro atoms. The van der Waals surface area contributed by atoms with Crippen molar-refractivity contribution >= 4 is 68.1 Å². The third-order valence-electron chi connectivity index (χ3n) is 5.79. The van der Waals surface area contributed by atoms with Crippen LogP contribution in [0.15, 0.2) is 73.0 Å². The van der Waals surface area contributed by atoms with E-state index in [1.807, 2.05) is 18.2 Å². The molecule has 1 heterocycles. The van der Waals surface area contributed by atoms with E-state index in [0.29, 0.717) is 6.10 Å². The lowest BCUT2D eigenvalue weighted by Gasteiger charge is -2.26. The van der Waals surface area contributed by atoms with Crippen molar-refractivity contribution in [1.29, 1.82) is 0 Å². The molecule has 4 heteroatoms. The number of hydrogen-bond donors (Lipinski definition) is 0. The predicted octanol–water partition coefficient (Wildman–Crippen LogP) is 7.79. The molecule has 0 bridgehead atoms. The van der Waals surface area contributed by atoms with E-state index in [-0.39, 0.29) is 24.0 Å². The van der Waals surface area contributed by atoms with Crippen molar-refractivity contribution < 1.29 is 9.47 Å². The standard InChI is InChI=1S/C22H23IO.C5H6O.HI/c23-13-3-4-14-24-18-9-12-20-17(15-18)8-11-21-19-6-2-1-5-16(19)7-10-22(20)21;1-2-4-6-5-3-1;/h1-2,5-8,10-11,18H,3-4,9,12-15H2;1-4H,5H2;1H. The first-order valence-corrected chi connectivity index (χ1v) is 12.4. The normalized spacial score (nSPS) is 16.7. The fourth-order valence-electron chi connectivity index (χ4n) is 4.27. The Balaban J connectivity index is 0.000000338. The van der Waals surface area contributed by atoms with E-state index in [1.165, 1.54) is 44.4 Å². The topological polar surface area (TPSA) is 18.5 Å². The lowest BCUT2D eigenvalue weighted by atomic mass is 9.85. The summed E-state index contributed by atoms with van der Waals surface area (Å²) in [6, 6.07) is 17.9. The molecule has 0 radical (unpaired) electrons. The van der Waals surface area contributed by atoms with Gasteiger partial charge in [-0.05, 0) is 81.4 Å². The molecule has 3 aromatic rings. The minimum atomic E-state index is 0. The zero-order valence-electron chi connectivity index (χ0n) is 17.8. The highest BCUT2D eigenvalue weighted by molar-refractivity contribution is 14.1. The van der Waals surface area contributed by atoms with Gasteiger partial charge in [0.25, 0.3) is 0 Å². The second kappa shape index (κ2) is 12.8. The summed E-state index contributed by atoms with van der Waals surface area (Å²) in [6.45, 7) is 1.65. The molecule has 1 unspecified atom stereocenters. The van der Waals surface area contributed by atoms with E-state index in [2.05, 4.69) is 71.1 Å². The van der Waals surface area contributed by atoms with Crippen LogP contribution in [0.5, 0.6) is 0 Å². The van der Waals surface area contributed by atoms with Crippen LogP contribution in [0.3, 0.4) is 0 Å². The fourth-order valence-corrected chi connectivity index (χ4v) is 4.81. The maximum atomic E-state index is 6.12. The van der Waals surface area contributed by atoms with Gasteiger partial charge in [-0.3, -0.25) is 0 Å². The van der Waals surface area contributed by atoms with Crippen LogP contribution in [-0.2, 0) is 22.3 Å². The van der Waals surface area contributed by atoms with Crippen molar-refractivity contribution in [3.05, 3.63) is 84.1 Å². The number of halogens is 2. The number of unbranched alkanes of at least 4 members (excludes halogenated alkanes) is 1. The summed E-state index contributed by atoms with van der Waals surface area (Å²) in [5, 5.41) is 5.54. The molecule has 0 saturated heterocycles. The Bertz CT molecular complexity index is 1030. The molecule has 0 N–H and O–H groups in total. The van der Waals surface area contributed by atoms with E-state index in [9.17, 15) is 0 Å². The third-order valence-corrected chi connectivity index (χ3v) is 6.56. The van der Waals surface area contributed by atoms with Crippen molar-refractivity contribution in [2.75, 3.05) is 17.6 Å². The van der Waals surface area contributed by atoms with Crippen LogP contribution in [-0.4, -0.2) is 23.7 Å². The highest BCUT2D eigenvalue weighted by Crippen LogP contribution is 2.33. The Morgan fingerprint density at radius 2 is 1.81 bits per heavy atom. The minimum absolute atomic E-state index is 0. The molecule has 0 aromatic heterocycles. The molecule has 31 heavy (non-hydrogen) atoms. The maximum absolute atomic E-state index is 6.12. The number of hydrogen-bond acceptors (Lipinski definition) is 2. The SMILES string of the molecule is C1=CCOC=C1.I.ICCCCOC1CCc2c(ccc3c2ccc2ccccc23)C1. The summed E-state index contributed by atoms with van der Waals surface area (Å²) in [4.78, 5) is 0. The monoisotopic (exact) mass is 640 g/mol. The van der Waals surface area contributed by atoms with E-state index in [0.717, 1.165) is 32.5 Å². The Hall–Kier alpha value is -1.12. The number of benzene rings is 3. The summed E-state index contributed by atoms with van der Waals surface area (Å²) >= 11 is 2.44. The van der Waals surface area contributed by atoms with Gasteiger partial charge in [0, 0.05) is 6.61 Å². The van der Waals surface area contributed by atoms with Crippen LogP contribution >= 0.6 is 46.6 Å².